The van der Waals surface area contributed by atoms with Gasteiger partial charge in [0.1, 0.15) is 5.75 Å². The third kappa shape index (κ3) is 3.38. The van der Waals surface area contributed by atoms with E-state index in [1.54, 1.807) is 13.2 Å². The molecular weight excluding hydrogens is 212 g/mol. The summed E-state index contributed by atoms with van der Waals surface area (Å²) in [7, 11) is 5.58. The SMILES string of the molecule is COc1ccc(C(N)CN(C)C)c(Cl)c1. The summed E-state index contributed by atoms with van der Waals surface area (Å²) in [6.45, 7) is 0.770. The largest absolute Gasteiger partial charge is 0.497 e. The van der Waals surface area contributed by atoms with Crippen LogP contribution in [0.3, 0.4) is 0 Å². The van der Waals surface area contributed by atoms with Crippen LogP contribution in [0.25, 0.3) is 0 Å². The van der Waals surface area contributed by atoms with E-state index >= 15 is 0 Å². The van der Waals surface area contributed by atoms with Crippen molar-refractivity contribution in [1.82, 2.24) is 4.90 Å². The lowest BCUT2D eigenvalue weighted by atomic mass is 10.1. The number of halogens is 1. The number of likely N-dealkylation sites (N-methyl/N-ethyl adjacent to an activating group) is 1. The standard InChI is InChI=1S/C11H17ClN2O/c1-14(2)7-11(13)9-5-4-8(15-3)6-10(9)12/h4-6,11H,7,13H2,1-3H3. The first-order valence-corrected chi connectivity index (χ1v) is 5.16. The van der Waals surface area contributed by atoms with Crippen molar-refractivity contribution < 1.29 is 4.74 Å². The molecule has 1 rings (SSSR count). The normalized spacial score (nSPS) is 12.9. The van der Waals surface area contributed by atoms with Gasteiger partial charge in [-0.25, -0.2) is 0 Å². The zero-order valence-electron chi connectivity index (χ0n) is 9.33. The van der Waals surface area contributed by atoms with E-state index in [-0.39, 0.29) is 6.04 Å². The quantitative estimate of drug-likeness (QED) is 0.856. The Hall–Kier alpha value is -0.770. The summed E-state index contributed by atoms with van der Waals surface area (Å²) in [6, 6.07) is 5.50. The molecule has 0 bridgehead atoms. The van der Waals surface area contributed by atoms with Gasteiger partial charge in [-0.2, -0.15) is 0 Å². The summed E-state index contributed by atoms with van der Waals surface area (Å²) in [5, 5.41) is 0.656. The summed E-state index contributed by atoms with van der Waals surface area (Å²) in [5.41, 5.74) is 6.97. The smallest absolute Gasteiger partial charge is 0.120 e. The van der Waals surface area contributed by atoms with Gasteiger partial charge < -0.3 is 15.4 Å². The predicted molar refractivity (Wildman–Crippen MR) is 63.5 cm³/mol. The molecule has 0 amide bonds. The highest BCUT2D eigenvalue weighted by Crippen LogP contribution is 2.26. The Bertz CT molecular complexity index is 328. The minimum atomic E-state index is -0.0709. The average molecular weight is 229 g/mol. The fourth-order valence-electron chi connectivity index (χ4n) is 1.43. The number of hydrogen-bond acceptors (Lipinski definition) is 3. The van der Waals surface area contributed by atoms with Gasteiger partial charge in [0, 0.05) is 17.6 Å². The van der Waals surface area contributed by atoms with Gasteiger partial charge in [0.25, 0.3) is 0 Å². The Balaban J connectivity index is 2.85. The molecule has 0 aliphatic rings. The fraction of sp³-hybridized carbons (Fsp3) is 0.455. The van der Waals surface area contributed by atoms with Crippen molar-refractivity contribution in [3.63, 3.8) is 0 Å². The molecule has 0 radical (unpaired) electrons. The van der Waals surface area contributed by atoms with Gasteiger partial charge >= 0.3 is 0 Å². The van der Waals surface area contributed by atoms with E-state index in [4.69, 9.17) is 22.1 Å². The van der Waals surface area contributed by atoms with Crippen LogP contribution in [0, 0.1) is 0 Å². The number of methoxy groups -OCH3 is 1. The van der Waals surface area contributed by atoms with Crippen molar-refractivity contribution in [3.8, 4) is 5.75 Å². The van der Waals surface area contributed by atoms with Gasteiger partial charge in [-0.05, 0) is 31.8 Å². The van der Waals surface area contributed by atoms with E-state index in [9.17, 15) is 0 Å². The molecule has 0 aliphatic heterocycles. The molecule has 0 heterocycles. The maximum absolute atomic E-state index is 6.11. The first kappa shape index (κ1) is 12.3. The van der Waals surface area contributed by atoms with Crippen molar-refractivity contribution in [2.24, 2.45) is 5.73 Å². The maximum atomic E-state index is 6.11. The molecule has 0 spiro atoms. The van der Waals surface area contributed by atoms with Crippen molar-refractivity contribution in [1.29, 1.82) is 0 Å². The zero-order valence-corrected chi connectivity index (χ0v) is 10.1. The zero-order chi connectivity index (χ0) is 11.4. The molecule has 1 atom stereocenters. The number of hydrogen-bond donors (Lipinski definition) is 1. The van der Waals surface area contributed by atoms with E-state index in [0.29, 0.717) is 5.02 Å². The molecular formula is C11H17ClN2O. The van der Waals surface area contributed by atoms with Gasteiger partial charge in [-0.3, -0.25) is 0 Å². The molecule has 1 aromatic rings. The average Bonchev–Trinajstić information content (AvgIpc) is 2.16. The van der Waals surface area contributed by atoms with Crippen molar-refractivity contribution >= 4 is 11.6 Å². The minimum Gasteiger partial charge on any atom is -0.497 e. The van der Waals surface area contributed by atoms with Crippen LogP contribution < -0.4 is 10.5 Å². The number of nitrogens with two attached hydrogens (primary N) is 1. The third-order valence-corrected chi connectivity index (χ3v) is 2.50. The lowest BCUT2D eigenvalue weighted by Crippen LogP contribution is -2.26. The summed E-state index contributed by atoms with van der Waals surface area (Å²) >= 11 is 6.11. The Kier molecular flexibility index (Phi) is 4.39. The molecule has 3 nitrogen and oxygen atoms in total. The number of benzene rings is 1. The summed E-state index contributed by atoms with van der Waals surface area (Å²) < 4.78 is 5.08. The molecule has 1 aromatic carbocycles. The summed E-state index contributed by atoms with van der Waals surface area (Å²) in [6.07, 6.45) is 0. The second-order valence-electron chi connectivity index (χ2n) is 3.76. The van der Waals surface area contributed by atoms with Crippen LogP contribution in [0.4, 0.5) is 0 Å². The van der Waals surface area contributed by atoms with E-state index in [2.05, 4.69) is 0 Å². The second kappa shape index (κ2) is 5.35. The Morgan fingerprint density at radius 3 is 2.60 bits per heavy atom. The monoisotopic (exact) mass is 228 g/mol. The van der Waals surface area contributed by atoms with Gasteiger partial charge in [0.05, 0.1) is 7.11 Å². The molecule has 0 saturated carbocycles. The van der Waals surface area contributed by atoms with Crippen molar-refractivity contribution in [2.45, 2.75) is 6.04 Å². The fourth-order valence-corrected chi connectivity index (χ4v) is 1.74. The first-order valence-electron chi connectivity index (χ1n) is 4.78. The molecule has 15 heavy (non-hydrogen) atoms. The highest BCUT2D eigenvalue weighted by molar-refractivity contribution is 6.31. The number of nitrogens with zero attached hydrogens (tertiary/aromatic N) is 1. The van der Waals surface area contributed by atoms with Gasteiger partial charge in [-0.1, -0.05) is 17.7 Å². The molecule has 0 saturated heterocycles. The van der Waals surface area contributed by atoms with E-state index in [0.717, 1.165) is 17.9 Å². The van der Waals surface area contributed by atoms with Gasteiger partial charge in [-0.15, -0.1) is 0 Å². The minimum absolute atomic E-state index is 0.0709. The van der Waals surface area contributed by atoms with Crippen LogP contribution in [-0.2, 0) is 0 Å². The van der Waals surface area contributed by atoms with Crippen molar-refractivity contribution in [3.05, 3.63) is 28.8 Å². The van der Waals surface area contributed by atoms with E-state index < -0.39 is 0 Å². The Labute approximate surface area is 95.8 Å². The number of rotatable bonds is 4. The second-order valence-corrected chi connectivity index (χ2v) is 4.16. The maximum Gasteiger partial charge on any atom is 0.120 e. The van der Waals surface area contributed by atoms with Crippen LogP contribution in [-0.4, -0.2) is 32.6 Å². The predicted octanol–water partition coefficient (Wildman–Crippen LogP) is 1.91. The van der Waals surface area contributed by atoms with Crippen LogP contribution in [0.15, 0.2) is 18.2 Å². The highest BCUT2D eigenvalue weighted by atomic mass is 35.5. The van der Waals surface area contributed by atoms with E-state index in [1.165, 1.54) is 0 Å². The Morgan fingerprint density at radius 2 is 2.13 bits per heavy atom. The lowest BCUT2D eigenvalue weighted by Gasteiger charge is -2.18. The first-order chi connectivity index (χ1) is 7.04. The molecule has 0 fully saturated rings. The van der Waals surface area contributed by atoms with Gasteiger partial charge in [0.2, 0.25) is 0 Å². The topological polar surface area (TPSA) is 38.5 Å². The van der Waals surface area contributed by atoms with E-state index in [1.807, 2.05) is 31.1 Å². The molecule has 2 N–H and O–H groups in total. The van der Waals surface area contributed by atoms with Crippen molar-refractivity contribution in [2.75, 3.05) is 27.7 Å². The number of ether oxygens (including phenoxy) is 1. The van der Waals surface area contributed by atoms with Crippen LogP contribution >= 0.6 is 11.6 Å². The Morgan fingerprint density at radius 1 is 1.47 bits per heavy atom. The van der Waals surface area contributed by atoms with Gasteiger partial charge in [0.15, 0.2) is 0 Å². The summed E-state index contributed by atoms with van der Waals surface area (Å²) in [5.74, 6) is 0.751. The van der Waals surface area contributed by atoms with Crippen LogP contribution in [0.2, 0.25) is 5.02 Å². The third-order valence-electron chi connectivity index (χ3n) is 2.17. The molecule has 0 aliphatic carbocycles. The molecule has 84 valence electrons. The lowest BCUT2D eigenvalue weighted by molar-refractivity contribution is 0.376. The van der Waals surface area contributed by atoms with Crippen LogP contribution in [0.5, 0.6) is 5.75 Å². The molecule has 1 unspecified atom stereocenters. The molecule has 0 aromatic heterocycles. The summed E-state index contributed by atoms with van der Waals surface area (Å²) in [4.78, 5) is 2.03. The molecule has 4 heteroatoms. The highest BCUT2D eigenvalue weighted by Gasteiger charge is 2.11. The van der Waals surface area contributed by atoms with Crippen LogP contribution in [0.1, 0.15) is 11.6 Å².